The molecule has 2 amide bonds. The van der Waals surface area contributed by atoms with E-state index >= 15 is 0 Å². The number of ether oxygens (including phenoxy) is 2. The number of benzene rings is 4. The first-order chi connectivity index (χ1) is 33.4. The normalized spacial score (nSPS) is 15.6. The van der Waals surface area contributed by atoms with Crippen molar-refractivity contribution in [3.63, 3.8) is 0 Å². The number of nitrogens with zero attached hydrogens (tertiary/aromatic N) is 2. The zero-order valence-electron chi connectivity index (χ0n) is 39.1. The summed E-state index contributed by atoms with van der Waals surface area (Å²) in [5.41, 5.74) is 11.3. The van der Waals surface area contributed by atoms with Gasteiger partial charge in [0.1, 0.15) is 32.3 Å². The van der Waals surface area contributed by atoms with Crippen molar-refractivity contribution < 1.29 is 55.8 Å². The van der Waals surface area contributed by atoms with E-state index in [1.807, 2.05) is 66.7 Å². The number of carbonyl (C=O) groups is 6. The average Bonchev–Trinajstić information content (AvgIpc) is 3.36. The van der Waals surface area contributed by atoms with Gasteiger partial charge in [-0.05, 0) is 72.2 Å². The molecule has 2 aliphatic rings. The number of hydrogen-bond acceptors (Lipinski definition) is 11. The molecule has 0 saturated heterocycles. The van der Waals surface area contributed by atoms with Gasteiger partial charge in [-0.2, -0.15) is 0 Å². The third-order valence-corrected chi connectivity index (χ3v) is 11.5. The number of nitrogens with two attached hydrogens (primary N) is 1. The second kappa shape index (κ2) is 26.8. The van der Waals surface area contributed by atoms with Crippen LogP contribution in [0.25, 0.3) is 0 Å². The van der Waals surface area contributed by atoms with Crippen LogP contribution in [0.15, 0.2) is 119 Å². The SMILES string of the molecule is C[C@@H](CCC(=O)CNC(=O)c1cccc(CC2=NCC(F)(F)CC2)c1)C(=O)OCc1ccccc1.N[C@@H](CCC(=O)CNC(=O)c1cccc(CC2=NCC(F)(F)CC2)c1)C(=O)OCc1ccccc1. The number of ketones is 2. The third-order valence-electron chi connectivity index (χ3n) is 11.5. The van der Waals surface area contributed by atoms with Crippen LogP contribution in [-0.4, -0.2) is 90.8 Å². The van der Waals surface area contributed by atoms with Gasteiger partial charge in [-0.25, -0.2) is 17.6 Å². The fourth-order valence-electron chi connectivity index (χ4n) is 7.21. The minimum atomic E-state index is -2.75. The standard InChI is InChI=1S/C27H30F2N2O4.C26H29F2N3O4/c1-19(26(34)35-17-20-6-3-2-4-7-20)10-11-24(32)16-30-25(33)22-9-5-8-21(14-22)15-23-12-13-27(28,29)18-31-23;27-26(28)12-11-21(31-17-26)14-19-7-4-8-20(13-19)24(33)30-15-22(32)9-10-23(29)25(34)35-16-18-5-2-1-3-6-18/h2-9,14,19H,10-13,15-18H2,1H3,(H,30,33);1-8,13,23H,9-12,14-17,29H2,(H,30,33)/t19-;23-/m00/s1. The second-order valence-corrected chi connectivity index (χ2v) is 17.4. The molecule has 2 aliphatic heterocycles. The maximum atomic E-state index is 13.3. The van der Waals surface area contributed by atoms with E-state index in [-0.39, 0.29) is 88.8 Å². The van der Waals surface area contributed by atoms with E-state index in [0.717, 1.165) is 22.3 Å². The number of hydrogen-bond donors (Lipinski definition) is 3. The Labute approximate surface area is 404 Å². The predicted octanol–water partition coefficient (Wildman–Crippen LogP) is 7.81. The predicted molar refractivity (Wildman–Crippen MR) is 256 cm³/mol. The maximum absolute atomic E-state index is 13.3. The Hall–Kier alpha value is -6.88. The van der Waals surface area contributed by atoms with Crippen LogP contribution in [0.3, 0.4) is 0 Å². The molecular formula is C53H59F4N5O8. The Bertz CT molecular complexity index is 2310. The summed E-state index contributed by atoms with van der Waals surface area (Å²) in [7, 11) is 0. The van der Waals surface area contributed by atoms with Crippen LogP contribution in [0, 0.1) is 5.92 Å². The highest BCUT2D eigenvalue weighted by Crippen LogP contribution is 2.27. The van der Waals surface area contributed by atoms with Gasteiger partial charge >= 0.3 is 11.9 Å². The molecule has 70 heavy (non-hydrogen) atoms. The van der Waals surface area contributed by atoms with Gasteiger partial charge in [0.25, 0.3) is 23.7 Å². The number of carbonyl (C=O) groups excluding carboxylic acids is 6. The summed E-state index contributed by atoms with van der Waals surface area (Å²) >= 11 is 0. The summed E-state index contributed by atoms with van der Waals surface area (Å²) in [5, 5.41) is 5.17. The van der Waals surface area contributed by atoms with Gasteiger partial charge in [0.2, 0.25) is 0 Å². The summed E-state index contributed by atoms with van der Waals surface area (Å²) < 4.78 is 63.5. The monoisotopic (exact) mass is 969 g/mol. The Morgan fingerprint density at radius 2 is 1.00 bits per heavy atom. The molecule has 0 fully saturated rings. The number of Topliss-reactive ketones (excluding diaryl/α,β-unsaturated/α-hetero) is 2. The molecule has 0 spiro atoms. The van der Waals surface area contributed by atoms with Crippen molar-refractivity contribution >= 4 is 46.7 Å². The highest BCUT2D eigenvalue weighted by atomic mass is 19.3. The molecule has 0 aromatic heterocycles. The van der Waals surface area contributed by atoms with Crippen LogP contribution in [0.4, 0.5) is 17.6 Å². The van der Waals surface area contributed by atoms with Crippen LogP contribution >= 0.6 is 0 Å². The van der Waals surface area contributed by atoms with Gasteiger partial charge in [-0.15, -0.1) is 0 Å². The number of aliphatic imine (C=N–C) groups is 2. The summed E-state index contributed by atoms with van der Waals surface area (Å²) in [6.45, 7) is 0.673. The molecule has 4 aromatic carbocycles. The van der Waals surface area contributed by atoms with Crippen molar-refractivity contribution in [2.75, 3.05) is 26.2 Å². The van der Waals surface area contributed by atoms with E-state index in [1.165, 1.54) is 0 Å². The Morgan fingerprint density at radius 1 is 0.586 bits per heavy atom. The van der Waals surface area contributed by atoms with E-state index < -0.39 is 54.7 Å². The number of nitrogens with one attached hydrogen (secondary N) is 2. The van der Waals surface area contributed by atoms with Crippen LogP contribution in [0.1, 0.15) is 101 Å². The average molecular weight is 970 g/mol. The van der Waals surface area contributed by atoms with Crippen molar-refractivity contribution in [3.05, 3.63) is 143 Å². The molecule has 2 heterocycles. The largest absolute Gasteiger partial charge is 0.461 e. The topological polar surface area (TPSA) is 196 Å². The van der Waals surface area contributed by atoms with Gasteiger partial charge < -0.3 is 25.8 Å². The lowest BCUT2D eigenvalue weighted by Crippen LogP contribution is -2.34. The second-order valence-electron chi connectivity index (χ2n) is 17.4. The Morgan fingerprint density at radius 3 is 1.43 bits per heavy atom. The Kier molecular flexibility index (Phi) is 20.7. The molecule has 4 N–H and O–H groups in total. The van der Waals surface area contributed by atoms with Gasteiger partial charge in [0, 0.05) is 61.1 Å². The summed E-state index contributed by atoms with van der Waals surface area (Å²) in [5.74, 6) is -8.15. The van der Waals surface area contributed by atoms with E-state index in [2.05, 4.69) is 20.6 Å². The van der Waals surface area contributed by atoms with Gasteiger partial charge in [0.15, 0.2) is 11.6 Å². The first kappa shape index (κ1) is 54.1. The molecule has 17 heteroatoms. The lowest BCUT2D eigenvalue weighted by Gasteiger charge is -2.20. The number of esters is 2. The quantitative estimate of drug-likeness (QED) is 0.0520. The van der Waals surface area contributed by atoms with E-state index in [1.54, 1.807) is 49.4 Å². The molecule has 0 unspecified atom stereocenters. The Balaban J connectivity index is 0.000000261. The van der Waals surface area contributed by atoms with Crippen molar-refractivity contribution in [3.8, 4) is 0 Å². The van der Waals surface area contributed by atoms with Gasteiger partial charge in [-0.3, -0.25) is 38.8 Å². The molecule has 0 saturated carbocycles. The zero-order valence-corrected chi connectivity index (χ0v) is 39.1. The fraction of sp³-hybridized carbons (Fsp3) is 0.396. The molecule has 2 atom stereocenters. The lowest BCUT2D eigenvalue weighted by atomic mass is 9.98. The van der Waals surface area contributed by atoms with E-state index in [4.69, 9.17) is 15.2 Å². The van der Waals surface area contributed by atoms with Crippen LogP contribution < -0.4 is 16.4 Å². The maximum Gasteiger partial charge on any atom is 0.323 e. The number of rotatable bonds is 22. The third kappa shape index (κ3) is 19.3. The molecule has 13 nitrogen and oxygen atoms in total. The van der Waals surface area contributed by atoms with E-state index in [0.29, 0.717) is 41.8 Å². The first-order valence-corrected chi connectivity index (χ1v) is 23.2. The minimum absolute atomic E-state index is 0.0202. The molecule has 0 radical (unpaired) electrons. The van der Waals surface area contributed by atoms with Crippen molar-refractivity contribution in [2.45, 2.75) is 102 Å². The molecule has 0 bridgehead atoms. The summed E-state index contributed by atoms with van der Waals surface area (Å²) in [4.78, 5) is 81.4. The minimum Gasteiger partial charge on any atom is -0.461 e. The molecule has 4 aromatic rings. The number of amides is 2. The fourth-order valence-corrected chi connectivity index (χ4v) is 7.21. The number of halogens is 4. The van der Waals surface area contributed by atoms with Gasteiger partial charge in [0.05, 0.1) is 19.0 Å². The van der Waals surface area contributed by atoms with Crippen molar-refractivity contribution in [1.29, 1.82) is 0 Å². The van der Waals surface area contributed by atoms with E-state index in [9.17, 15) is 46.3 Å². The highest BCUT2D eigenvalue weighted by Gasteiger charge is 2.33. The van der Waals surface area contributed by atoms with Crippen LogP contribution in [0.5, 0.6) is 0 Å². The van der Waals surface area contributed by atoms with Gasteiger partial charge in [-0.1, -0.05) is 91.9 Å². The smallest absolute Gasteiger partial charge is 0.323 e. The molecule has 0 aliphatic carbocycles. The van der Waals surface area contributed by atoms with Crippen molar-refractivity contribution in [1.82, 2.24) is 10.6 Å². The molecular weight excluding hydrogens is 911 g/mol. The number of alkyl halides is 4. The van der Waals surface area contributed by atoms with Crippen LogP contribution in [0.2, 0.25) is 0 Å². The highest BCUT2D eigenvalue weighted by molar-refractivity contribution is 5.98. The van der Waals surface area contributed by atoms with Crippen molar-refractivity contribution in [2.24, 2.45) is 21.6 Å². The summed E-state index contributed by atoms with van der Waals surface area (Å²) in [6.07, 6.45) is 1.44. The summed E-state index contributed by atoms with van der Waals surface area (Å²) in [6, 6.07) is 31.2. The zero-order chi connectivity index (χ0) is 50.5. The molecule has 372 valence electrons. The first-order valence-electron chi connectivity index (χ1n) is 23.2. The van der Waals surface area contributed by atoms with Crippen LogP contribution in [-0.2, 0) is 54.7 Å². The molecule has 6 rings (SSSR count). The lowest BCUT2D eigenvalue weighted by molar-refractivity contribution is -0.149.